The Morgan fingerprint density at radius 3 is 1.60 bits per heavy atom. The maximum atomic E-state index is 12.7. The van der Waals surface area contributed by atoms with E-state index in [1.165, 1.54) is 4.90 Å². The van der Waals surface area contributed by atoms with E-state index in [4.69, 9.17) is 0 Å². The highest BCUT2D eigenvalue weighted by Crippen LogP contribution is 2.52. The number of amides is 2. The molecule has 2 aliphatic rings. The number of imide groups is 1. The van der Waals surface area contributed by atoms with Crippen molar-refractivity contribution in [1.29, 1.82) is 0 Å². The van der Waals surface area contributed by atoms with Gasteiger partial charge in [0, 0.05) is 15.0 Å². The Kier molecular flexibility index (Phi) is 3.78. The molecule has 0 bridgehead atoms. The summed E-state index contributed by atoms with van der Waals surface area (Å²) < 4.78 is 0.0273. The lowest BCUT2D eigenvalue weighted by Gasteiger charge is -2.34. The third kappa shape index (κ3) is 2.89. The van der Waals surface area contributed by atoms with Crippen LogP contribution in [-0.4, -0.2) is 42.2 Å². The number of thioether (sulfide) groups is 2. The zero-order valence-electron chi connectivity index (χ0n) is 13.4. The van der Waals surface area contributed by atoms with Crippen molar-refractivity contribution < 1.29 is 9.59 Å². The molecule has 0 spiro atoms. The maximum Gasteiger partial charge on any atom is 0.244 e. The molecule has 2 rings (SSSR count). The van der Waals surface area contributed by atoms with Crippen molar-refractivity contribution in [2.24, 2.45) is 0 Å². The number of fused-ring (bicyclic) bond motifs is 1. The molecule has 0 aromatic heterocycles. The molecule has 0 radical (unpaired) electrons. The van der Waals surface area contributed by atoms with E-state index in [-0.39, 0.29) is 31.8 Å². The Bertz CT molecular complexity index is 417. The highest BCUT2D eigenvalue weighted by Gasteiger charge is 2.56. The fourth-order valence-electron chi connectivity index (χ4n) is 3.30. The van der Waals surface area contributed by atoms with Gasteiger partial charge in [-0.05, 0) is 27.2 Å². The fourth-order valence-corrected chi connectivity index (χ4v) is 6.88. The first-order valence-electron chi connectivity index (χ1n) is 7.08. The van der Waals surface area contributed by atoms with Crippen molar-refractivity contribution >= 4 is 35.3 Å². The van der Waals surface area contributed by atoms with E-state index in [2.05, 4.69) is 27.7 Å². The Morgan fingerprint density at radius 2 is 1.30 bits per heavy atom. The molecule has 0 aromatic carbocycles. The SMILES string of the molecule is CC1(C)CC(C)(C)SC2C(=O)N(C(C)(C)C)C(=O)C2S1. The van der Waals surface area contributed by atoms with E-state index in [1.807, 2.05) is 20.8 Å². The molecular formula is C15H25NO2S2. The van der Waals surface area contributed by atoms with Gasteiger partial charge in [0.1, 0.15) is 10.5 Å². The summed E-state index contributed by atoms with van der Waals surface area (Å²) in [7, 11) is 0. The summed E-state index contributed by atoms with van der Waals surface area (Å²) in [5.41, 5.74) is -0.435. The summed E-state index contributed by atoms with van der Waals surface area (Å²) in [6.07, 6.45) is 0.998. The van der Waals surface area contributed by atoms with Crippen LogP contribution in [0.1, 0.15) is 54.9 Å². The zero-order chi connectivity index (χ0) is 15.5. The highest BCUT2D eigenvalue weighted by molar-refractivity contribution is 8.06. The lowest BCUT2D eigenvalue weighted by atomic mass is 9.99. The predicted octanol–water partition coefficient (Wildman–Crippen LogP) is 3.32. The number of rotatable bonds is 0. The summed E-state index contributed by atoms with van der Waals surface area (Å²) in [6.45, 7) is 14.5. The number of carbonyl (C=O) groups is 2. The van der Waals surface area contributed by atoms with Crippen LogP contribution in [0.4, 0.5) is 0 Å². The van der Waals surface area contributed by atoms with Gasteiger partial charge in [-0.2, -0.15) is 0 Å². The standard InChI is InChI=1S/C15H25NO2S2/c1-13(2,3)16-11(17)9-10(12(16)18)20-15(6,7)8-14(4,5)19-9/h9-10H,8H2,1-7H3. The van der Waals surface area contributed by atoms with Crippen molar-refractivity contribution in [3.05, 3.63) is 0 Å². The molecule has 2 fully saturated rings. The van der Waals surface area contributed by atoms with Gasteiger partial charge in [-0.1, -0.05) is 27.7 Å². The van der Waals surface area contributed by atoms with Crippen LogP contribution >= 0.6 is 23.5 Å². The quantitative estimate of drug-likeness (QED) is 0.643. The summed E-state index contributed by atoms with van der Waals surface area (Å²) in [5, 5.41) is -0.466. The molecule has 3 nitrogen and oxygen atoms in total. The van der Waals surface area contributed by atoms with Gasteiger partial charge in [0.05, 0.1) is 0 Å². The minimum absolute atomic E-state index is 0.00391. The van der Waals surface area contributed by atoms with Crippen LogP contribution in [0.2, 0.25) is 0 Å². The number of likely N-dealkylation sites (tertiary alicyclic amines) is 1. The number of carbonyl (C=O) groups excluding carboxylic acids is 2. The van der Waals surface area contributed by atoms with Crippen molar-refractivity contribution in [3.8, 4) is 0 Å². The fraction of sp³-hybridized carbons (Fsp3) is 0.867. The lowest BCUT2D eigenvalue weighted by molar-refractivity contribution is -0.143. The summed E-state index contributed by atoms with van der Waals surface area (Å²) in [5.74, 6) is -0.00782. The van der Waals surface area contributed by atoms with Crippen molar-refractivity contribution in [2.45, 2.75) is 80.4 Å². The first kappa shape index (κ1) is 16.2. The van der Waals surface area contributed by atoms with Crippen LogP contribution in [-0.2, 0) is 9.59 Å². The Labute approximate surface area is 130 Å². The zero-order valence-corrected chi connectivity index (χ0v) is 15.1. The molecule has 114 valence electrons. The third-order valence-corrected chi connectivity index (χ3v) is 6.81. The van der Waals surface area contributed by atoms with E-state index in [0.29, 0.717) is 0 Å². The second kappa shape index (κ2) is 4.67. The molecule has 5 heteroatoms. The molecule has 2 atom stereocenters. The van der Waals surface area contributed by atoms with E-state index in [0.717, 1.165) is 6.42 Å². The molecule has 0 aromatic rings. The largest absolute Gasteiger partial charge is 0.275 e. The topological polar surface area (TPSA) is 37.4 Å². The Hall–Kier alpha value is -0.160. The molecule has 20 heavy (non-hydrogen) atoms. The summed E-state index contributed by atoms with van der Waals surface area (Å²) in [6, 6.07) is 0. The molecule has 0 aliphatic carbocycles. The summed E-state index contributed by atoms with van der Waals surface area (Å²) >= 11 is 3.36. The van der Waals surface area contributed by atoms with E-state index >= 15 is 0 Å². The maximum absolute atomic E-state index is 12.7. The van der Waals surface area contributed by atoms with Crippen molar-refractivity contribution in [3.63, 3.8) is 0 Å². The molecule has 2 saturated heterocycles. The molecule has 0 saturated carbocycles. The minimum atomic E-state index is -0.435. The van der Waals surface area contributed by atoms with E-state index < -0.39 is 5.54 Å². The number of hydrogen-bond donors (Lipinski definition) is 0. The van der Waals surface area contributed by atoms with Gasteiger partial charge in [0.2, 0.25) is 11.8 Å². The summed E-state index contributed by atoms with van der Waals surface area (Å²) in [4.78, 5) is 26.9. The number of hydrogen-bond acceptors (Lipinski definition) is 4. The Morgan fingerprint density at radius 1 is 0.950 bits per heavy atom. The van der Waals surface area contributed by atoms with Crippen LogP contribution in [0.25, 0.3) is 0 Å². The van der Waals surface area contributed by atoms with Crippen molar-refractivity contribution in [2.75, 3.05) is 0 Å². The van der Waals surface area contributed by atoms with Crippen LogP contribution in [0.3, 0.4) is 0 Å². The predicted molar refractivity (Wildman–Crippen MR) is 87.1 cm³/mol. The first-order valence-corrected chi connectivity index (χ1v) is 8.84. The van der Waals surface area contributed by atoms with Gasteiger partial charge in [0.25, 0.3) is 0 Å². The van der Waals surface area contributed by atoms with Gasteiger partial charge in [-0.25, -0.2) is 0 Å². The van der Waals surface area contributed by atoms with Gasteiger partial charge in [0.15, 0.2) is 0 Å². The minimum Gasteiger partial charge on any atom is -0.275 e. The average molecular weight is 316 g/mol. The van der Waals surface area contributed by atoms with E-state index in [9.17, 15) is 9.59 Å². The monoisotopic (exact) mass is 315 g/mol. The van der Waals surface area contributed by atoms with Crippen LogP contribution in [0.15, 0.2) is 0 Å². The number of nitrogens with zero attached hydrogens (tertiary/aromatic N) is 1. The van der Waals surface area contributed by atoms with Gasteiger partial charge < -0.3 is 0 Å². The first-order chi connectivity index (χ1) is 8.84. The second-order valence-corrected chi connectivity index (χ2v) is 11.7. The normalized spacial score (nSPS) is 33.0. The average Bonchev–Trinajstić information content (AvgIpc) is 2.36. The highest BCUT2D eigenvalue weighted by atomic mass is 32.2. The van der Waals surface area contributed by atoms with Crippen LogP contribution < -0.4 is 0 Å². The molecule has 2 heterocycles. The Balaban J connectivity index is 2.41. The lowest BCUT2D eigenvalue weighted by Crippen LogP contribution is -2.47. The molecule has 0 N–H and O–H groups in total. The smallest absolute Gasteiger partial charge is 0.244 e. The molecule has 2 amide bonds. The van der Waals surface area contributed by atoms with Gasteiger partial charge in [-0.3, -0.25) is 14.5 Å². The van der Waals surface area contributed by atoms with Crippen molar-refractivity contribution in [1.82, 2.24) is 4.90 Å². The molecular weight excluding hydrogens is 290 g/mol. The molecule has 2 aliphatic heterocycles. The molecule has 2 unspecified atom stereocenters. The second-order valence-electron chi connectivity index (χ2n) is 7.96. The van der Waals surface area contributed by atoms with E-state index in [1.54, 1.807) is 23.5 Å². The van der Waals surface area contributed by atoms with Gasteiger partial charge in [-0.15, -0.1) is 23.5 Å². The van der Waals surface area contributed by atoms with Crippen LogP contribution in [0, 0.1) is 0 Å². The third-order valence-electron chi connectivity index (χ3n) is 3.62. The van der Waals surface area contributed by atoms with Crippen LogP contribution in [0.5, 0.6) is 0 Å². The van der Waals surface area contributed by atoms with Gasteiger partial charge >= 0.3 is 0 Å².